The van der Waals surface area contributed by atoms with E-state index in [1.165, 1.54) is 18.9 Å². The van der Waals surface area contributed by atoms with Gasteiger partial charge in [0.1, 0.15) is 22.0 Å². The van der Waals surface area contributed by atoms with Gasteiger partial charge < -0.3 is 5.32 Å². The van der Waals surface area contributed by atoms with Crippen LogP contribution in [0.25, 0.3) is 11.0 Å². The summed E-state index contributed by atoms with van der Waals surface area (Å²) in [7, 11) is -3.90. The molecule has 148 valence electrons. The first-order valence-electron chi connectivity index (χ1n) is 9.42. The molecule has 7 nitrogen and oxygen atoms in total. The third-order valence-corrected chi connectivity index (χ3v) is 6.99. The number of nitrogens with zero attached hydrogens (tertiary/aromatic N) is 2. The number of carbonyl (C=O) groups is 1. The maximum Gasteiger partial charge on any atom is 0.243 e. The fourth-order valence-electron chi connectivity index (χ4n) is 3.44. The van der Waals surface area contributed by atoms with Gasteiger partial charge in [0, 0.05) is 6.04 Å². The number of amides is 1. The molecule has 1 fully saturated rings. The summed E-state index contributed by atoms with van der Waals surface area (Å²) in [6.45, 7) is 3.68. The summed E-state index contributed by atoms with van der Waals surface area (Å²) in [6, 6.07) is 4.13. The molecule has 0 saturated heterocycles. The monoisotopic (exact) mass is 410 g/mol. The quantitative estimate of drug-likeness (QED) is 0.713. The lowest BCUT2D eigenvalue weighted by Crippen LogP contribution is -2.52. The zero-order valence-corrected chi connectivity index (χ0v) is 17.3. The predicted molar refractivity (Wildman–Crippen MR) is 106 cm³/mol. The average molecular weight is 411 g/mol. The molecule has 1 aliphatic carbocycles. The van der Waals surface area contributed by atoms with Crippen LogP contribution in [0.5, 0.6) is 0 Å². The number of sulfonamides is 1. The normalized spacial score (nSPS) is 17.7. The third-order valence-electron chi connectivity index (χ3n) is 4.97. The maximum atomic E-state index is 13.0. The third kappa shape index (κ3) is 4.83. The van der Waals surface area contributed by atoms with Crippen LogP contribution >= 0.6 is 11.7 Å². The summed E-state index contributed by atoms with van der Waals surface area (Å²) >= 11 is 0.968. The van der Waals surface area contributed by atoms with Gasteiger partial charge in [-0.15, -0.1) is 0 Å². The minimum absolute atomic E-state index is 0.0571. The first kappa shape index (κ1) is 20.2. The number of carbonyl (C=O) groups excluding carboxylic acids is 1. The molecule has 0 radical (unpaired) electrons. The molecule has 1 unspecified atom stereocenters. The smallest absolute Gasteiger partial charge is 0.243 e. The van der Waals surface area contributed by atoms with Crippen molar-refractivity contribution in [1.82, 2.24) is 18.8 Å². The molecule has 1 atom stereocenters. The minimum Gasteiger partial charge on any atom is -0.352 e. The summed E-state index contributed by atoms with van der Waals surface area (Å²) in [5.41, 5.74) is 0.869. The molecule has 1 aromatic carbocycles. The summed E-state index contributed by atoms with van der Waals surface area (Å²) in [6.07, 6.45) is 6.49. The van der Waals surface area contributed by atoms with E-state index < -0.39 is 16.1 Å². The van der Waals surface area contributed by atoms with Crippen LogP contribution in [-0.4, -0.2) is 35.2 Å². The van der Waals surface area contributed by atoms with E-state index in [1.54, 1.807) is 12.1 Å². The van der Waals surface area contributed by atoms with E-state index in [0.717, 1.165) is 37.4 Å². The number of benzene rings is 1. The largest absolute Gasteiger partial charge is 0.352 e. The number of hydrogen-bond donors (Lipinski definition) is 2. The Morgan fingerprint density at radius 3 is 2.52 bits per heavy atom. The predicted octanol–water partition coefficient (Wildman–Crippen LogP) is 2.83. The summed E-state index contributed by atoms with van der Waals surface area (Å²) in [5.74, 6) is -0.442. The molecular weight excluding hydrogens is 384 g/mol. The van der Waals surface area contributed by atoms with Crippen LogP contribution in [0.15, 0.2) is 23.1 Å². The molecule has 3 rings (SSSR count). The molecule has 27 heavy (non-hydrogen) atoms. The lowest BCUT2D eigenvalue weighted by molar-refractivity contribution is -0.124. The van der Waals surface area contributed by atoms with E-state index in [1.807, 2.05) is 13.8 Å². The lowest BCUT2D eigenvalue weighted by Gasteiger charge is -2.25. The van der Waals surface area contributed by atoms with Gasteiger partial charge in [0.05, 0.1) is 11.7 Å². The summed E-state index contributed by atoms with van der Waals surface area (Å²) in [4.78, 5) is 12.9. The Balaban J connectivity index is 1.78. The number of rotatable bonds is 6. The van der Waals surface area contributed by atoms with Crippen molar-refractivity contribution in [2.75, 3.05) is 0 Å². The van der Waals surface area contributed by atoms with Gasteiger partial charge in [-0.25, -0.2) is 8.42 Å². The van der Waals surface area contributed by atoms with Crippen LogP contribution in [0.3, 0.4) is 0 Å². The SMILES string of the molecule is CC(C)C(NS(=O)(=O)c1cccc2nsnc12)C(=O)NC1CCCCCC1. The fraction of sp³-hybridized carbons (Fsp3) is 0.611. The Hall–Kier alpha value is -1.58. The van der Waals surface area contributed by atoms with Gasteiger partial charge in [0.15, 0.2) is 0 Å². The number of hydrogen-bond acceptors (Lipinski definition) is 6. The summed E-state index contributed by atoms with van der Waals surface area (Å²) in [5, 5.41) is 3.05. The van der Waals surface area contributed by atoms with Crippen LogP contribution in [0.2, 0.25) is 0 Å². The summed E-state index contributed by atoms with van der Waals surface area (Å²) < 4.78 is 36.7. The van der Waals surface area contributed by atoms with Crippen molar-refractivity contribution >= 4 is 38.7 Å². The molecule has 1 aliphatic rings. The van der Waals surface area contributed by atoms with Crippen molar-refractivity contribution in [3.8, 4) is 0 Å². The molecule has 0 bridgehead atoms. The van der Waals surface area contributed by atoms with Crippen molar-refractivity contribution in [3.63, 3.8) is 0 Å². The van der Waals surface area contributed by atoms with Crippen LogP contribution in [0.1, 0.15) is 52.4 Å². The van der Waals surface area contributed by atoms with E-state index in [-0.39, 0.29) is 22.8 Å². The van der Waals surface area contributed by atoms with Crippen molar-refractivity contribution in [1.29, 1.82) is 0 Å². The molecule has 2 aromatic rings. The van der Waals surface area contributed by atoms with Crippen molar-refractivity contribution in [2.24, 2.45) is 5.92 Å². The molecule has 1 amide bonds. The standard InChI is InChI=1S/C18H26N4O3S2/c1-12(2)16(18(23)19-13-8-5-3-4-6-9-13)22-27(24,25)15-11-7-10-14-17(15)21-26-20-14/h7,10-13,16,22H,3-6,8-9H2,1-2H3,(H,19,23). The minimum atomic E-state index is -3.90. The molecule has 0 spiro atoms. The molecule has 0 aliphatic heterocycles. The molecule has 1 saturated carbocycles. The highest BCUT2D eigenvalue weighted by Crippen LogP contribution is 2.22. The average Bonchev–Trinajstić information content (AvgIpc) is 2.96. The molecular formula is C18H26N4O3S2. The molecule has 1 aromatic heterocycles. The topological polar surface area (TPSA) is 101 Å². The zero-order chi connectivity index (χ0) is 19.4. The molecule has 1 heterocycles. The van der Waals surface area contributed by atoms with Gasteiger partial charge in [-0.05, 0) is 30.9 Å². The van der Waals surface area contributed by atoms with Crippen molar-refractivity contribution in [2.45, 2.75) is 69.4 Å². The van der Waals surface area contributed by atoms with Crippen LogP contribution in [0.4, 0.5) is 0 Å². The van der Waals surface area contributed by atoms with Gasteiger partial charge >= 0.3 is 0 Å². The Bertz CT molecular complexity index is 887. The Morgan fingerprint density at radius 2 is 1.85 bits per heavy atom. The highest BCUT2D eigenvalue weighted by Gasteiger charge is 2.31. The Morgan fingerprint density at radius 1 is 1.15 bits per heavy atom. The van der Waals surface area contributed by atoms with Crippen molar-refractivity contribution < 1.29 is 13.2 Å². The fourth-order valence-corrected chi connectivity index (χ4v) is 5.55. The molecule has 9 heteroatoms. The Labute approximate surface area is 164 Å². The van der Waals surface area contributed by atoms with Crippen LogP contribution < -0.4 is 10.0 Å². The van der Waals surface area contributed by atoms with Crippen LogP contribution in [0, 0.1) is 5.92 Å². The van der Waals surface area contributed by atoms with Crippen LogP contribution in [-0.2, 0) is 14.8 Å². The van der Waals surface area contributed by atoms with Gasteiger partial charge in [-0.3, -0.25) is 4.79 Å². The maximum absolute atomic E-state index is 13.0. The lowest BCUT2D eigenvalue weighted by atomic mass is 10.0. The van der Waals surface area contributed by atoms with E-state index in [2.05, 4.69) is 18.8 Å². The van der Waals surface area contributed by atoms with Gasteiger partial charge in [0.25, 0.3) is 0 Å². The molecule has 2 N–H and O–H groups in total. The van der Waals surface area contributed by atoms with E-state index in [9.17, 15) is 13.2 Å². The van der Waals surface area contributed by atoms with Gasteiger partial charge in [-0.2, -0.15) is 13.5 Å². The first-order chi connectivity index (χ1) is 12.9. The Kier molecular flexibility index (Phi) is 6.44. The second kappa shape index (κ2) is 8.62. The number of nitrogens with one attached hydrogen (secondary N) is 2. The van der Waals surface area contributed by atoms with Gasteiger partial charge in [0.2, 0.25) is 15.9 Å². The van der Waals surface area contributed by atoms with E-state index >= 15 is 0 Å². The second-order valence-electron chi connectivity index (χ2n) is 7.43. The number of fused-ring (bicyclic) bond motifs is 1. The zero-order valence-electron chi connectivity index (χ0n) is 15.6. The highest BCUT2D eigenvalue weighted by atomic mass is 32.2. The van der Waals surface area contributed by atoms with Crippen molar-refractivity contribution in [3.05, 3.63) is 18.2 Å². The second-order valence-corrected chi connectivity index (χ2v) is 9.64. The number of aromatic nitrogens is 2. The highest BCUT2D eigenvalue weighted by molar-refractivity contribution is 7.89. The first-order valence-corrected chi connectivity index (χ1v) is 11.6. The van der Waals surface area contributed by atoms with E-state index in [0.29, 0.717) is 11.0 Å². The van der Waals surface area contributed by atoms with E-state index in [4.69, 9.17) is 0 Å². The van der Waals surface area contributed by atoms with Gasteiger partial charge in [-0.1, -0.05) is 45.6 Å².